The van der Waals surface area contributed by atoms with Crippen molar-refractivity contribution in [1.82, 2.24) is 5.32 Å². The predicted octanol–water partition coefficient (Wildman–Crippen LogP) is 3.85. The highest BCUT2D eigenvalue weighted by Gasteiger charge is 2.57. The van der Waals surface area contributed by atoms with Gasteiger partial charge in [-0.15, -0.1) is 12.4 Å². The Labute approximate surface area is 126 Å². The zero-order valence-electron chi connectivity index (χ0n) is 11.5. The summed E-state index contributed by atoms with van der Waals surface area (Å²) in [6.07, 6.45) is 3.91. The van der Waals surface area contributed by atoms with Crippen molar-refractivity contribution in [2.75, 3.05) is 0 Å². The highest BCUT2D eigenvalue weighted by atomic mass is 35.5. The first-order valence-electron chi connectivity index (χ1n) is 7.24. The summed E-state index contributed by atoms with van der Waals surface area (Å²) < 4.78 is 0. The van der Waals surface area contributed by atoms with Gasteiger partial charge in [0.2, 0.25) is 0 Å². The van der Waals surface area contributed by atoms with E-state index in [1.54, 1.807) is 11.1 Å². The third-order valence-electron chi connectivity index (χ3n) is 4.86. The lowest BCUT2D eigenvalue weighted by Crippen LogP contribution is -2.23. The minimum absolute atomic E-state index is 0. The van der Waals surface area contributed by atoms with E-state index in [9.17, 15) is 0 Å². The van der Waals surface area contributed by atoms with Gasteiger partial charge in [0, 0.05) is 18.0 Å². The fraction of sp³-hybridized carbons (Fsp3) is 0.333. The smallest absolute Gasteiger partial charge is 0.0208 e. The monoisotopic (exact) mass is 285 g/mol. The molecule has 0 radical (unpaired) electrons. The second-order valence-corrected chi connectivity index (χ2v) is 5.94. The van der Waals surface area contributed by atoms with E-state index < -0.39 is 0 Å². The molecule has 2 aromatic carbocycles. The number of hydrogen-bond acceptors (Lipinski definition) is 1. The molecule has 2 heteroatoms. The number of fused-ring (bicyclic) bond motifs is 2. The Morgan fingerprint density at radius 1 is 1.00 bits per heavy atom. The highest BCUT2D eigenvalue weighted by molar-refractivity contribution is 5.85. The molecular weight excluding hydrogens is 266 g/mol. The zero-order chi connectivity index (χ0) is 12.7. The maximum atomic E-state index is 3.75. The van der Waals surface area contributed by atoms with Gasteiger partial charge in [-0.25, -0.2) is 0 Å². The van der Waals surface area contributed by atoms with Gasteiger partial charge >= 0.3 is 0 Å². The molecule has 0 amide bonds. The Morgan fingerprint density at radius 2 is 1.75 bits per heavy atom. The molecule has 20 heavy (non-hydrogen) atoms. The van der Waals surface area contributed by atoms with Gasteiger partial charge in [0.1, 0.15) is 0 Å². The fourth-order valence-corrected chi connectivity index (χ4v) is 3.70. The molecular formula is C18H20ClN. The zero-order valence-corrected chi connectivity index (χ0v) is 12.3. The SMILES string of the molecule is Cl.c1ccc(CN[C@@H]2C[C@@]23CCc2ccccc23)cc1. The molecule has 1 N–H and O–H groups in total. The van der Waals surface area contributed by atoms with E-state index in [0.717, 1.165) is 6.54 Å². The molecule has 1 spiro atoms. The van der Waals surface area contributed by atoms with Crippen LogP contribution >= 0.6 is 12.4 Å². The molecule has 1 saturated carbocycles. The van der Waals surface area contributed by atoms with Crippen molar-refractivity contribution in [3.05, 3.63) is 71.3 Å². The van der Waals surface area contributed by atoms with Crippen molar-refractivity contribution in [3.8, 4) is 0 Å². The van der Waals surface area contributed by atoms with Gasteiger partial charge in [0.05, 0.1) is 0 Å². The Morgan fingerprint density at radius 3 is 2.60 bits per heavy atom. The van der Waals surface area contributed by atoms with E-state index in [4.69, 9.17) is 0 Å². The van der Waals surface area contributed by atoms with Crippen LogP contribution < -0.4 is 5.32 Å². The molecule has 0 unspecified atom stereocenters. The van der Waals surface area contributed by atoms with Gasteiger partial charge in [-0.1, -0.05) is 54.6 Å². The summed E-state index contributed by atoms with van der Waals surface area (Å²) in [7, 11) is 0. The van der Waals surface area contributed by atoms with Crippen LogP contribution in [0.2, 0.25) is 0 Å². The molecule has 2 aromatic rings. The summed E-state index contributed by atoms with van der Waals surface area (Å²) in [4.78, 5) is 0. The lowest BCUT2D eigenvalue weighted by atomic mass is 9.97. The largest absolute Gasteiger partial charge is 0.309 e. The maximum Gasteiger partial charge on any atom is 0.0208 e. The third-order valence-corrected chi connectivity index (χ3v) is 4.86. The fourth-order valence-electron chi connectivity index (χ4n) is 3.70. The second kappa shape index (κ2) is 5.23. The number of halogens is 1. The van der Waals surface area contributed by atoms with Crippen molar-refractivity contribution in [2.45, 2.75) is 37.3 Å². The van der Waals surface area contributed by atoms with Crippen molar-refractivity contribution in [1.29, 1.82) is 0 Å². The van der Waals surface area contributed by atoms with Crippen LogP contribution in [0.1, 0.15) is 29.5 Å². The molecule has 0 aliphatic heterocycles. The number of rotatable bonds is 3. The average molecular weight is 286 g/mol. The molecule has 1 nitrogen and oxygen atoms in total. The normalized spacial score (nSPS) is 26.1. The summed E-state index contributed by atoms with van der Waals surface area (Å²) in [6.45, 7) is 0.995. The van der Waals surface area contributed by atoms with Crippen LogP contribution in [-0.2, 0) is 18.4 Å². The molecule has 0 aromatic heterocycles. The molecule has 0 saturated heterocycles. The lowest BCUT2D eigenvalue weighted by Gasteiger charge is -2.12. The summed E-state index contributed by atoms with van der Waals surface area (Å²) >= 11 is 0. The van der Waals surface area contributed by atoms with Crippen molar-refractivity contribution in [2.24, 2.45) is 0 Å². The molecule has 2 aliphatic rings. The van der Waals surface area contributed by atoms with Gasteiger partial charge in [0.15, 0.2) is 0 Å². The third kappa shape index (κ3) is 2.15. The first-order valence-corrected chi connectivity index (χ1v) is 7.24. The number of benzene rings is 2. The molecule has 0 bridgehead atoms. The Bertz CT molecular complexity index is 595. The maximum absolute atomic E-state index is 3.75. The Kier molecular flexibility index (Phi) is 3.57. The summed E-state index contributed by atoms with van der Waals surface area (Å²) in [5.41, 5.74) is 5.04. The Balaban J connectivity index is 0.00000121. The van der Waals surface area contributed by atoms with Crippen molar-refractivity contribution >= 4 is 12.4 Å². The van der Waals surface area contributed by atoms with E-state index >= 15 is 0 Å². The lowest BCUT2D eigenvalue weighted by molar-refractivity contribution is 0.571. The van der Waals surface area contributed by atoms with Gasteiger partial charge in [0.25, 0.3) is 0 Å². The number of hydrogen-bond donors (Lipinski definition) is 1. The van der Waals surface area contributed by atoms with Crippen LogP contribution in [0.3, 0.4) is 0 Å². The van der Waals surface area contributed by atoms with Crippen molar-refractivity contribution in [3.63, 3.8) is 0 Å². The van der Waals surface area contributed by atoms with Gasteiger partial charge in [-0.3, -0.25) is 0 Å². The van der Waals surface area contributed by atoms with Crippen LogP contribution in [-0.4, -0.2) is 6.04 Å². The topological polar surface area (TPSA) is 12.0 Å². The van der Waals surface area contributed by atoms with Crippen LogP contribution in [0.15, 0.2) is 54.6 Å². The van der Waals surface area contributed by atoms with E-state index in [1.807, 2.05) is 0 Å². The van der Waals surface area contributed by atoms with E-state index in [0.29, 0.717) is 11.5 Å². The summed E-state index contributed by atoms with van der Waals surface area (Å²) in [6, 6.07) is 20.4. The first kappa shape index (κ1) is 13.7. The summed E-state index contributed by atoms with van der Waals surface area (Å²) in [5.74, 6) is 0. The van der Waals surface area contributed by atoms with E-state index in [-0.39, 0.29) is 12.4 Å². The molecule has 2 atom stereocenters. The van der Waals surface area contributed by atoms with E-state index in [1.165, 1.54) is 24.8 Å². The number of aryl methyl sites for hydroxylation is 1. The molecule has 104 valence electrons. The van der Waals surface area contributed by atoms with Gasteiger partial charge in [-0.2, -0.15) is 0 Å². The van der Waals surface area contributed by atoms with E-state index in [2.05, 4.69) is 59.9 Å². The van der Waals surface area contributed by atoms with Gasteiger partial charge in [-0.05, 0) is 36.0 Å². The summed E-state index contributed by atoms with van der Waals surface area (Å²) in [5, 5.41) is 3.75. The second-order valence-electron chi connectivity index (χ2n) is 5.94. The predicted molar refractivity (Wildman–Crippen MR) is 85.4 cm³/mol. The standard InChI is InChI=1S/C18H19N.ClH/c1-2-6-14(7-3-1)13-19-17-12-18(17)11-10-15-8-4-5-9-16(15)18;/h1-9,17,19H,10-13H2;1H/t17-,18-;/m1./s1. The number of nitrogens with one attached hydrogen (secondary N) is 1. The minimum Gasteiger partial charge on any atom is -0.309 e. The molecule has 4 rings (SSSR count). The van der Waals surface area contributed by atoms with Crippen LogP contribution in [0, 0.1) is 0 Å². The van der Waals surface area contributed by atoms with Crippen LogP contribution in [0.25, 0.3) is 0 Å². The molecule has 2 aliphatic carbocycles. The Hall–Kier alpha value is -1.31. The first-order chi connectivity index (χ1) is 9.38. The minimum atomic E-state index is 0. The molecule has 0 heterocycles. The van der Waals surface area contributed by atoms with Crippen molar-refractivity contribution < 1.29 is 0 Å². The van der Waals surface area contributed by atoms with Crippen LogP contribution in [0.5, 0.6) is 0 Å². The van der Waals surface area contributed by atoms with Gasteiger partial charge < -0.3 is 5.32 Å². The highest BCUT2D eigenvalue weighted by Crippen LogP contribution is 2.56. The quantitative estimate of drug-likeness (QED) is 0.903. The van der Waals surface area contributed by atoms with Crippen LogP contribution in [0.4, 0.5) is 0 Å². The average Bonchev–Trinajstić information content (AvgIpc) is 3.06. The molecule has 1 fully saturated rings.